The van der Waals surface area contributed by atoms with Crippen molar-refractivity contribution in [3.63, 3.8) is 0 Å². The van der Waals surface area contributed by atoms with E-state index in [4.69, 9.17) is 5.73 Å². The summed E-state index contributed by atoms with van der Waals surface area (Å²) in [6, 6.07) is 8.62. The van der Waals surface area contributed by atoms with Crippen molar-refractivity contribution in [1.82, 2.24) is 5.32 Å². The molecule has 0 aliphatic carbocycles. The zero-order valence-corrected chi connectivity index (χ0v) is 12.3. The van der Waals surface area contributed by atoms with Gasteiger partial charge in [-0.3, -0.25) is 4.79 Å². The maximum atomic E-state index is 13.1. The predicted octanol–water partition coefficient (Wildman–Crippen LogP) is 2.95. The number of hydrogen-bond donors (Lipinski definition) is 3. The number of rotatable bonds is 4. The van der Waals surface area contributed by atoms with Crippen molar-refractivity contribution < 1.29 is 18.4 Å². The summed E-state index contributed by atoms with van der Waals surface area (Å²) in [5.41, 5.74) is 6.34. The molecule has 7 heteroatoms. The highest BCUT2D eigenvalue weighted by Gasteiger charge is 2.13. The van der Waals surface area contributed by atoms with Crippen LogP contribution in [0.3, 0.4) is 0 Å². The van der Waals surface area contributed by atoms with Crippen molar-refractivity contribution in [3.8, 4) is 0 Å². The van der Waals surface area contributed by atoms with Crippen molar-refractivity contribution in [1.29, 1.82) is 0 Å². The Morgan fingerprint density at radius 3 is 2.26 bits per heavy atom. The Kier molecular flexibility index (Phi) is 4.90. The third-order valence-electron chi connectivity index (χ3n) is 3.21. The summed E-state index contributed by atoms with van der Waals surface area (Å²) in [4.78, 5) is 22.8. The van der Waals surface area contributed by atoms with Gasteiger partial charge in [0.2, 0.25) is 0 Å². The highest BCUT2D eigenvalue weighted by molar-refractivity contribution is 5.94. The number of halogens is 2. The van der Waals surface area contributed by atoms with E-state index >= 15 is 0 Å². The highest BCUT2D eigenvalue weighted by atomic mass is 19.2. The molecule has 0 aliphatic rings. The molecule has 2 aromatic carbocycles. The molecule has 0 bridgehead atoms. The van der Waals surface area contributed by atoms with Crippen LogP contribution in [0.25, 0.3) is 0 Å². The van der Waals surface area contributed by atoms with Crippen LogP contribution in [0, 0.1) is 11.6 Å². The molecule has 2 rings (SSSR count). The van der Waals surface area contributed by atoms with Crippen LogP contribution in [-0.2, 0) is 0 Å². The van der Waals surface area contributed by atoms with Gasteiger partial charge in [-0.1, -0.05) is 12.1 Å². The van der Waals surface area contributed by atoms with Gasteiger partial charge in [-0.2, -0.15) is 0 Å². The van der Waals surface area contributed by atoms with Crippen LogP contribution in [0.4, 0.5) is 19.3 Å². The number of nitrogens with one attached hydrogen (secondary N) is 2. The molecular formula is C16H15F2N3O2. The number of carbonyl (C=O) groups excluding carboxylic acids is 2. The Labute approximate surface area is 131 Å². The van der Waals surface area contributed by atoms with Gasteiger partial charge < -0.3 is 16.4 Å². The van der Waals surface area contributed by atoms with Gasteiger partial charge in [-0.15, -0.1) is 0 Å². The first-order valence-electron chi connectivity index (χ1n) is 6.79. The summed E-state index contributed by atoms with van der Waals surface area (Å²) in [5.74, 6) is -2.60. The molecule has 0 aliphatic heterocycles. The number of anilines is 1. The second-order valence-electron chi connectivity index (χ2n) is 4.94. The maximum Gasteiger partial charge on any atom is 0.316 e. The van der Waals surface area contributed by atoms with E-state index in [1.165, 1.54) is 6.07 Å². The molecule has 0 unspecified atom stereocenters. The lowest BCUT2D eigenvalue weighted by molar-refractivity contribution is 0.0939. The number of primary amides is 1. The van der Waals surface area contributed by atoms with Gasteiger partial charge in [0.25, 0.3) is 5.91 Å². The van der Waals surface area contributed by atoms with Crippen LogP contribution < -0.4 is 16.4 Å². The monoisotopic (exact) mass is 319 g/mol. The standard InChI is InChI=1S/C16H15F2N3O2/c1-9(10-2-5-12(6-3-10)21-16(19)23)20-15(22)11-4-7-13(17)14(18)8-11/h2-9H,1H3,(H,20,22)(H3,19,21,23)/t9-/m1/s1. The molecule has 0 fully saturated rings. The van der Waals surface area contributed by atoms with Crippen LogP contribution in [0.15, 0.2) is 42.5 Å². The number of carbonyl (C=O) groups is 2. The Bertz CT molecular complexity index is 733. The van der Waals surface area contributed by atoms with Crippen molar-refractivity contribution in [2.24, 2.45) is 5.73 Å². The van der Waals surface area contributed by atoms with E-state index in [0.717, 1.165) is 17.7 Å². The molecule has 4 N–H and O–H groups in total. The van der Waals surface area contributed by atoms with E-state index in [2.05, 4.69) is 10.6 Å². The van der Waals surface area contributed by atoms with Gasteiger partial charge in [-0.05, 0) is 42.8 Å². The van der Waals surface area contributed by atoms with Gasteiger partial charge in [0.05, 0.1) is 6.04 Å². The lowest BCUT2D eigenvalue weighted by Gasteiger charge is -2.15. The average Bonchev–Trinajstić information content (AvgIpc) is 2.50. The van der Waals surface area contributed by atoms with Gasteiger partial charge >= 0.3 is 6.03 Å². The second kappa shape index (κ2) is 6.87. The quantitative estimate of drug-likeness (QED) is 0.809. The Morgan fingerprint density at radius 2 is 1.70 bits per heavy atom. The Balaban J connectivity index is 2.05. The van der Waals surface area contributed by atoms with E-state index in [0.29, 0.717) is 5.69 Å². The van der Waals surface area contributed by atoms with Crippen LogP contribution in [0.5, 0.6) is 0 Å². The predicted molar refractivity (Wildman–Crippen MR) is 81.9 cm³/mol. The minimum Gasteiger partial charge on any atom is -0.351 e. The summed E-state index contributed by atoms with van der Waals surface area (Å²) in [5, 5.41) is 5.10. The summed E-state index contributed by atoms with van der Waals surface area (Å²) < 4.78 is 26.0. The molecule has 0 aromatic heterocycles. The molecule has 5 nitrogen and oxygen atoms in total. The fourth-order valence-corrected chi connectivity index (χ4v) is 2.00. The third kappa shape index (κ3) is 4.26. The lowest BCUT2D eigenvalue weighted by Crippen LogP contribution is -2.26. The van der Waals surface area contributed by atoms with Crippen molar-refractivity contribution in [3.05, 3.63) is 65.2 Å². The molecule has 120 valence electrons. The Morgan fingerprint density at radius 1 is 1.04 bits per heavy atom. The van der Waals surface area contributed by atoms with Crippen molar-refractivity contribution >= 4 is 17.6 Å². The summed E-state index contributed by atoms with van der Waals surface area (Å²) in [7, 11) is 0. The minimum absolute atomic E-state index is 0.0303. The molecule has 0 saturated carbocycles. The lowest BCUT2D eigenvalue weighted by atomic mass is 10.1. The third-order valence-corrected chi connectivity index (χ3v) is 3.21. The molecule has 23 heavy (non-hydrogen) atoms. The van der Waals surface area contributed by atoms with Crippen LogP contribution in [-0.4, -0.2) is 11.9 Å². The first-order chi connectivity index (χ1) is 10.9. The largest absolute Gasteiger partial charge is 0.351 e. The number of hydrogen-bond acceptors (Lipinski definition) is 2. The molecule has 0 radical (unpaired) electrons. The first-order valence-corrected chi connectivity index (χ1v) is 6.79. The molecular weight excluding hydrogens is 304 g/mol. The van der Waals surface area contributed by atoms with Gasteiger partial charge in [-0.25, -0.2) is 13.6 Å². The van der Waals surface area contributed by atoms with Crippen molar-refractivity contribution in [2.75, 3.05) is 5.32 Å². The molecule has 0 spiro atoms. The SMILES string of the molecule is C[C@@H](NC(=O)c1ccc(F)c(F)c1)c1ccc(NC(N)=O)cc1. The van der Waals surface area contributed by atoms with E-state index in [9.17, 15) is 18.4 Å². The zero-order valence-electron chi connectivity index (χ0n) is 12.3. The second-order valence-corrected chi connectivity index (χ2v) is 4.94. The molecule has 0 saturated heterocycles. The van der Waals surface area contributed by atoms with E-state index < -0.39 is 23.6 Å². The van der Waals surface area contributed by atoms with Crippen LogP contribution >= 0.6 is 0 Å². The first kappa shape index (κ1) is 16.4. The molecule has 0 heterocycles. The number of benzene rings is 2. The average molecular weight is 319 g/mol. The molecule has 3 amide bonds. The van der Waals surface area contributed by atoms with E-state index in [1.807, 2.05) is 0 Å². The minimum atomic E-state index is -1.08. The van der Waals surface area contributed by atoms with Crippen LogP contribution in [0.1, 0.15) is 28.9 Å². The van der Waals surface area contributed by atoms with E-state index in [1.54, 1.807) is 31.2 Å². The highest BCUT2D eigenvalue weighted by Crippen LogP contribution is 2.17. The van der Waals surface area contributed by atoms with Gasteiger partial charge in [0, 0.05) is 11.3 Å². The summed E-state index contributed by atoms with van der Waals surface area (Å²) in [6.45, 7) is 1.74. The number of nitrogens with two attached hydrogens (primary N) is 1. The van der Waals surface area contributed by atoms with Gasteiger partial charge in [0.1, 0.15) is 0 Å². The van der Waals surface area contributed by atoms with Crippen molar-refractivity contribution in [2.45, 2.75) is 13.0 Å². The fraction of sp³-hybridized carbons (Fsp3) is 0.125. The fourth-order valence-electron chi connectivity index (χ4n) is 2.00. The van der Waals surface area contributed by atoms with Crippen LogP contribution in [0.2, 0.25) is 0 Å². The number of urea groups is 1. The maximum absolute atomic E-state index is 13.1. The Hall–Kier alpha value is -2.96. The topological polar surface area (TPSA) is 84.2 Å². The smallest absolute Gasteiger partial charge is 0.316 e. The number of amides is 3. The zero-order chi connectivity index (χ0) is 17.0. The van der Waals surface area contributed by atoms with Gasteiger partial charge in [0.15, 0.2) is 11.6 Å². The molecule has 1 atom stereocenters. The normalized spacial score (nSPS) is 11.6. The van der Waals surface area contributed by atoms with E-state index in [-0.39, 0.29) is 11.6 Å². The summed E-state index contributed by atoms with van der Waals surface area (Å²) in [6.07, 6.45) is 0. The molecule has 2 aromatic rings. The summed E-state index contributed by atoms with van der Waals surface area (Å²) >= 11 is 0.